The van der Waals surface area contributed by atoms with Crippen LogP contribution in [0.1, 0.15) is 35.8 Å². The van der Waals surface area contributed by atoms with Crippen molar-refractivity contribution in [3.8, 4) is 0 Å². The maximum absolute atomic E-state index is 12.5. The minimum atomic E-state index is -0.269. The molecular weight excluding hydrogens is 447 g/mol. The average Bonchev–Trinajstić information content (AvgIpc) is 3.49. The van der Waals surface area contributed by atoms with Crippen molar-refractivity contribution in [2.75, 3.05) is 7.11 Å². The van der Waals surface area contributed by atoms with Gasteiger partial charge in [0.25, 0.3) is 5.91 Å². The largest absolute Gasteiger partial charge is 0.398 e. The Labute approximate surface area is 188 Å². The lowest BCUT2D eigenvalue weighted by Crippen LogP contribution is -2.34. The molecule has 0 aliphatic heterocycles. The highest BCUT2D eigenvalue weighted by Crippen LogP contribution is 2.29. The zero-order valence-electron chi connectivity index (χ0n) is 16.4. The van der Waals surface area contributed by atoms with Gasteiger partial charge in [-0.05, 0) is 43.4 Å². The minimum Gasteiger partial charge on any atom is -0.398 e. The molecule has 30 heavy (non-hydrogen) atoms. The average molecular weight is 467 g/mol. The Morgan fingerprint density at radius 3 is 2.77 bits per heavy atom. The quantitative estimate of drug-likeness (QED) is 0.429. The fraction of sp³-hybridized carbons (Fsp3) is 0.300. The lowest BCUT2D eigenvalue weighted by Gasteiger charge is -2.11. The molecule has 158 valence electrons. The highest BCUT2D eigenvalue weighted by molar-refractivity contribution is 7.08. The van der Waals surface area contributed by atoms with E-state index in [9.17, 15) is 4.79 Å². The van der Waals surface area contributed by atoms with Gasteiger partial charge in [-0.25, -0.2) is 0 Å². The normalized spacial score (nSPS) is 14.8. The third-order valence-electron chi connectivity index (χ3n) is 4.11. The standard InChI is InChI=1S/C20H20Cl2N4O3S/c1-12(7-10-16-17(21)19(22)26-30-16)24-29-11-13-5-3-4-6-15(13)18(25-28-2)20(27)23-14-8-9-14/h3-7,10,14H,8-9,11H2,1-2H3,(H,23,27)/b10-7+,24-12+,25-18+. The summed E-state index contributed by atoms with van der Waals surface area (Å²) in [6, 6.07) is 7.55. The first-order valence-electron chi connectivity index (χ1n) is 9.15. The molecule has 1 aromatic carbocycles. The summed E-state index contributed by atoms with van der Waals surface area (Å²) in [5.41, 5.74) is 2.23. The zero-order chi connectivity index (χ0) is 21.5. The molecule has 1 amide bonds. The number of oxime groups is 2. The predicted octanol–water partition coefficient (Wildman–Crippen LogP) is 4.68. The SMILES string of the molecule is CO/N=C(/C(=O)NC1CC1)c1ccccc1CO/N=C(C)/C=C/c1snc(Cl)c1Cl. The molecule has 10 heteroatoms. The van der Waals surface area contributed by atoms with Crippen LogP contribution in [0.15, 0.2) is 40.7 Å². The van der Waals surface area contributed by atoms with E-state index in [4.69, 9.17) is 32.9 Å². The molecule has 1 saturated carbocycles. The van der Waals surface area contributed by atoms with Gasteiger partial charge >= 0.3 is 0 Å². The summed E-state index contributed by atoms with van der Waals surface area (Å²) in [6.07, 6.45) is 5.49. The van der Waals surface area contributed by atoms with E-state index in [0.29, 0.717) is 16.3 Å². The Morgan fingerprint density at radius 2 is 2.10 bits per heavy atom. The molecule has 0 saturated heterocycles. The molecule has 7 nitrogen and oxygen atoms in total. The molecule has 1 N–H and O–H groups in total. The van der Waals surface area contributed by atoms with E-state index in [1.165, 1.54) is 18.6 Å². The van der Waals surface area contributed by atoms with Crippen LogP contribution in [0.4, 0.5) is 0 Å². The maximum atomic E-state index is 12.5. The summed E-state index contributed by atoms with van der Waals surface area (Å²) < 4.78 is 3.97. The third kappa shape index (κ3) is 6.04. The fourth-order valence-corrected chi connectivity index (χ4v) is 3.56. The molecule has 1 heterocycles. The minimum absolute atomic E-state index is 0.161. The number of nitrogens with zero attached hydrogens (tertiary/aromatic N) is 3. The van der Waals surface area contributed by atoms with Gasteiger partial charge in [0.05, 0.1) is 15.6 Å². The molecule has 0 radical (unpaired) electrons. The molecule has 1 aliphatic rings. The van der Waals surface area contributed by atoms with Crippen LogP contribution >= 0.6 is 34.7 Å². The van der Waals surface area contributed by atoms with Crippen molar-refractivity contribution in [1.82, 2.24) is 9.69 Å². The number of nitrogens with one attached hydrogen (secondary N) is 1. The van der Waals surface area contributed by atoms with Crippen LogP contribution in [0, 0.1) is 0 Å². The number of amides is 1. The molecule has 0 atom stereocenters. The van der Waals surface area contributed by atoms with Crippen molar-refractivity contribution < 1.29 is 14.5 Å². The topological polar surface area (TPSA) is 85.2 Å². The van der Waals surface area contributed by atoms with Gasteiger partial charge in [0, 0.05) is 17.2 Å². The Balaban J connectivity index is 1.68. The number of aromatic nitrogens is 1. The van der Waals surface area contributed by atoms with Gasteiger partial charge in [-0.15, -0.1) is 0 Å². The number of rotatable bonds is 9. The van der Waals surface area contributed by atoms with E-state index >= 15 is 0 Å². The molecule has 2 aromatic rings. The molecule has 0 bridgehead atoms. The van der Waals surface area contributed by atoms with Crippen LogP contribution in [0.2, 0.25) is 10.2 Å². The number of halogens is 2. The number of allylic oxidation sites excluding steroid dienone is 1. The lowest BCUT2D eigenvalue weighted by molar-refractivity contribution is -0.115. The third-order valence-corrected chi connectivity index (χ3v) is 5.88. The van der Waals surface area contributed by atoms with E-state index in [2.05, 4.69) is 20.0 Å². The molecule has 0 spiro atoms. The molecule has 1 aromatic heterocycles. The first-order chi connectivity index (χ1) is 14.5. The van der Waals surface area contributed by atoms with Gasteiger partial charge in [-0.2, -0.15) is 4.37 Å². The number of hydrogen-bond donors (Lipinski definition) is 1. The fourth-order valence-electron chi connectivity index (χ4n) is 2.47. The van der Waals surface area contributed by atoms with Gasteiger partial charge in [0.15, 0.2) is 10.9 Å². The highest BCUT2D eigenvalue weighted by Gasteiger charge is 2.27. The van der Waals surface area contributed by atoms with E-state index in [-0.39, 0.29) is 29.4 Å². The van der Waals surface area contributed by atoms with Crippen LogP contribution in [-0.2, 0) is 21.1 Å². The maximum Gasteiger partial charge on any atom is 0.274 e. The smallest absolute Gasteiger partial charge is 0.274 e. The summed E-state index contributed by atoms with van der Waals surface area (Å²) in [5.74, 6) is -0.269. The summed E-state index contributed by atoms with van der Waals surface area (Å²) in [6.45, 7) is 1.95. The number of benzene rings is 1. The van der Waals surface area contributed by atoms with Crippen LogP contribution in [0.25, 0.3) is 6.08 Å². The second kappa shape index (κ2) is 10.6. The summed E-state index contributed by atoms with van der Waals surface area (Å²) >= 11 is 13.1. The Hall–Kier alpha value is -2.42. The molecule has 0 unspecified atom stereocenters. The second-order valence-electron chi connectivity index (χ2n) is 6.52. The van der Waals surface area contributed by atoms with Crippen LogP contribution < -0.4 is 5.32 Å². The van der Waals surface area contributed by atoms with Gasteiger partial charge in [-0.1, -0.05) is 57.8 Å². The van der Waals surface area contributed by atoms with Crippen LogP contribution in [-0.4, -0.2) is 34.9 Å². The van der Waals surface area contributed by atoms with Gasteiger partial charge in [0.2, 0.25) is 0 Å². The van der Waals surface area contributed by atoms with Crippen molar-refractivity contribution in [2.24, 2.45) is 10.3 Å². The number of carbonyl (C=O) groups excluding carboxylic acids is 1. The predicted molar refractivity (Wildman–Crippen MR) is 120 cm³/mol. The van der Waals surface area contributed by atoms with Crippen LogP contribution in [0.5, 0.6) is 0 Å². The first kappa shape index (κ1) is 22.3. The molecular formula is C20H20Cl2N4O3S. The van der Waals surface area contributed by atoms with E-state index < -0.39 is 0 Å². The summed E-state index contributed by atoms with van der Waals surface area (Å²) in [4.78, 5) is 23.7. The van der Waals surface area contributed by atoms with E-state index in [1.54, 1.807) is 25.1 Å². The van der Waals surface area contributed by atoms with Gasteiger partial charge in [-0.3, -0.25) is 4.79 Å². The van der Waals surface area contributed by atoms with Gasteiger partial charge < -0.3 is 15.0 Å². The lowest BCUT2D eigenvalue weighted by atomic mass is 10.0. The van der Waals surface area contributed by atoms with E-state index in [0.717, 1.165) is 23.3 Å². The van der Waals surface area contributed by atoms with Crippen molar-refractivity contribution in [2.45, 2.75) is 32.4 Å². The monoisotopic (exact) mass is 466 g/mol. The Morgan fingerprint density at radius 1 is 1.33 bits per heavy atom. The summed E-state index contributed by atoms with van der Waals surface area (Å²) in [7, 11) is 1.41. The van der Waals surface area contributed by atoms with Crippen LogP contribution in [0.3, 0.4) is 0 Å². The molecule has 3 rings (SSSR count). The first-order valence-corrected chi connectivity index (χ1v) is 10.7. The van der Waals surface area contributed by atoms with Gasteiger partial charge in [0.1, 0.15) is 13.7 Å². The van der Waals surface area contributed by atoms with E-state index in [1.807, 2.05) is 18.2 Å². The highest BCUT2D eigenvalue weighted by atomic mass is 35.5. The second-order valence-corrected chi connectivity index (χ2v) is 8.06. The molecule has 1 fully saturated rings. The Bertz CT molecular complexity index is 1000. The number of hydrogen-bond acceptors (Lipinski definition) is 7. The van der Waals surface area contributed by atoms with Crippen molar-refractivity contribution in [1.29, 1.82) is 0 Å². The molecule has 1 aliphatic carbocycles. The zero-order valence-corrected chi connectivity index (χ0v) is 18.7. The van der Waals surface area contributed by atoms with Crippen molar-refractivity contribution in [3.05, 3.63) is 56.5 Å². The Kier molecular flexibility index (Phi) is 7.84. The summed E-state index contributed by atoms with van der Waals surface area (Å²) in [5, 5.41) is 11.6. The van der Waals surface area contributed by atoms with Crippen molar-refractivity contribution >= 4 is 58.1 Å². The number of carbonyl (C=O) groups is 1. The van der Waals surface area contributed by atoms with Crippen molar-refractivity contribution in [3.63, 3.8) is 0 Å².